The first-order valence-corrected chi connectivity index (χ1v) is 7.11. The standard InChI is InChI=1S/C15H14FN5O/c1-15(5-6-15)13-19-14(20-22-13)21-8-11(17-9-21)7-10-3-2-4-12(16)18-10/h2-4,8-9H,5-7H2,1H3. The lowest BCUT2D eigenvalue weighted by Gasteiger charge is -1.97. The largest absolute Gasteiger partial charge is 0.337 e. The van der Waals surface area contributed by atoms with Crippen LogP contribution >= 0.6 is 0 Å². The Balaban J connectivity index is 1.55. The molecule has 0 spiro atoms. The minimum absolute atomic E-state index is 0.0418. The normalized spacial score (nSPS) is 15.9. The zero-order valence-electron chi connectivity index (χ0n) is 12.0. The molecule has 3 aromatic heterocycles. The summed E-state index contributed by atoms with van der Waals surface area (Å²) in [6.07, 6.45) is 6.03. The molecule has 0 saturated heterocycles. The van der Waals surface area contributed by atoms with E-state index >= 15 is 0 Å². The van der Waals surface area contributed by atoms with Crippen molar-refractivity contribution < 1.29 is 8.91 Å². The SMILES string of the molecule is CC1(c2nc(-n3cnc(Cc4cccc(F)n4)c3)no2)CC1. The van der Waals surface area contributed by atoms with E-state index in [9.17, 15) is 4.39 Å². The second-order valence-corrected chi connectivity index (χ2v) is 5.86. The number of hydrogen-bond acceptors (Lipinski definition) is 5. The molecule has 112 valence electrons. The van der Waals surface area contributed by atoms with E-state index in [1.54, 1.807) is 29.2 Å². The van der Waals surface area contributed by atoms with Gasteiger partial charge in [-0.3, -0.25) is 4.57 Å². The molecule has 1 aliphatic carbocycles. The van der Waals surface area contributed by atoms with Crippen molar-refractivity contribution in [2.75, 3.05) is 0 Å². The lowest BCUT2D eigenvalue weighted by Crippen LogP contribution is -2.00. The highest BCUT2D eigenvalue weighted by Crippen LogP contribution is 2.46. The molecule has 6 nitrogen and oxygen atoms in total. The van der Waals surface area contributed by atoms with Crippen LogP contribution in [0.2, 0.25) is 0 Å². The van der Waals surface area contributed by atoms with Gasteiger partial charge in [0.1, 0.15) is 6.33 Å². The quantitative estimate of drug-likeness (QED) is 0.692. The molecule has 0 aliphatic heterocycles. The lowest BCUT2D eigenvalue weighted by molar-refractivity contribution is 0.351. The van der Waals surface area contributed by atoms with E-state index in [-0.39, 0.29) is 5.41 Å². The number of nitrogens with zero attached hydrogens (tertiary/aromatic N) is 5. The van der Waals surface area contributed by atoms with Gasteiger partial charge >= 0.3 is 0 Å². The second kappa shape index (κ2) is 4.72. The highest BCUT2D eigenvalue weighted by Gasteiger charge is 2.44. The Bertz CT molecular complexity index is 821. The summed E-state index contributed by atoms with van der Waals surface area (Å²) < 4.78 is 20.1. The van der Waals surface area contributed by atoms with Gasteiger partial charge in [-0.1, -0.05) is 13.0 Å². The fourth-order valence-electron chi connectivity index (χ4n) is 2.27. The molecule has 0 atom stereocenters. The van der Waals surface area contributed by atoms with E-state index in [2.05, 4.69) is 27.0 Å². The number of halogens is 1. The molecule has 0 aromatic carbocycles. The maximum atomic E-state index is 13.1. The Labute approximate surface area is 126 Å². The molecule has 1 saturated carbocycles. The zero-order chi connectivity index (χ0) is 15.2. The van der Waals surface area contributed by atoms with Gasteiger partial charge in [-0.25, -0.2) is 9.97 Å². The summed E-state index contributed by atoms with van der Waals surface area (Å²) in [4.78, 5) is 12.5. The van der Waals surface area contributed by atoms with E-state index in [1.165, 1.54) is 6.07 Å². The van der Waals surface area contributed by atoms with Gasteiger partial charge in [0.25, 0.3) is 5.95 Å². The Morgan fingerprint density at radius 1 is 1.27 bits per heavy atom. The van der Waals surface area contributed by atoms with Crippen molar-refractivity contribution in [1.29, 1.82) is 0 Å². The number of rotatable bonds is 4. The first kappa shape index (κ1) is 13.1. The molecular formula is C15H14FN5O. The summed E-state index contributed by atoms with van der Waals surface area (Å²) in [5, 5.41) is 3.99. The van der Waals surface area contributed by atoms with Gasteiger partial charge in [-0.2, -0.15) is 9.37 Å². The maximum Gasteiger partial charge on any atom is 0.275 e. The molecule has 0 bridgehead atoms. The Kier molecular flexibility index (Phi) is 2.82. The topological polar surface area (TPSA) is 69.6 Å². The number of imidazole rings is 1. The Morgan fingerprint density at radius 3 is 2.91 bits per heavy atom. The van der Waals surface area contributed by atoms with Gasteiger partial charge in [-0.15, -0.1) is 0 Å². The molecular weight excluding hydrogens is 285 g/mol. The van der Waals surface area contributed by atoms with Gasteiger partial charge in [0.15, 0.2) is 0 Å². The summed E-state index contributed by atoms with van der Waals surface area (Å²) in [6, 6.07) is 4.72. The molecule has 0 amide bonds. The maximum absolute atomic E-state index is 13.1. The molecule has 0 N–H and O–H groups in total. The van der Waals surface area contributed by atoms with Crippen LogP contribution in [0.3, 0.4) is 0 Å². The Hall–Kier alpha value is -2.57. The summed E-state index contributed by atoms with van der Waals surface area (Å²) >= 11 is 0. The summed E-state index contributed by atoms with van der Waals surface area (Å²) in [5.41, 5.74) is 1.44. The van der Waals surface area contributed by atoms with Gasteiger partial charge in [0.2, 0.25) is 11.8 Å². The molecule has 1 fully saturated rings. The van der Waals surface area contributed by atoms with Crippen LogP contribution in [0.15, 0.2) is 35.2 Å². The average Bonchev–Trinajstić information content (AvgIpc) is 2.94. The van der Waals surface area contributed by atoms with Crippen LogP contribution in [0.25, 0.3) is 5.95 Å². The third kappa shape index (κ3) is 2.38. The summed E-state index contributed by atoms with van der Waals surface area (Å²) in [7, 11) is 0. The van der Waals surface area contributed by atoms with Crippen LogP contribution in [0.5, 0.6) is 0 Å². The third-order valence-corrected chi connectivity index (χ3v) is 3.93. The monoisotopic (exact) mass is 299 g/mol. The van der Waals surface area contributed by atoms with Crippen molar-refractivity contribution in [2.24, 2.45) is 0 Å². The number of pyridine rings is 1. The fraction of sp³-hybridized carbons (Fsp3) is 0.333. The second-order valence-electron chi connectivity index (χ2n) is 5.86. The van der Waals surface area contributed by atoms with E-state index in [4.69, 9.17) is 4.52 Å². The van der Waals surface area contributed by atoms with Crippen LogP contribution < -0.4 is 0 Å². The van der Waals surface area contributed by atoms with Crippen molar-refractivity contribution in [2.45, 2.75) is 31.6 Å². The molecule has 4 rings (SSSR count). The van der Waals surface area contributed by atoms with E-state index < -0.39 is 5.95 Å². The van der Waals surface area contributed by atoms with Gasteiger partial charge in [0.05, 0.1) is 5.69 Å². The summed E-state index contributed by atoms with van der Waals surface area (Å²) in [6.45, 7) is 2.11. The Morgan fingerprint density at radius 2 is 2.14 bits per heavy atom. The van der Waals surface area contributed by atoms with Crippen molar-refractivity contribution in [3.63, 3.8) is 0 Å². The van der Waals surface area contributed by atoms with Crippen LogP contribution in [0.4, 0.5) is 4.39 Å². The van der Waals surface area contributed by atoms with Gasteiger partial charge in [-0.05, 0) is 30.1 Å². The minimum Gasteiger partial charge on any atom is -0.337 e. The van der Waals surface area contributed by atoms with Crippen molar-refractivity contribution in [3.8, 4) is 5.95 Å². The predicted molar refractivity (Wildman–Crippen MR) is 75.0 cm³/mol. The molecule has 3 heterocycles. The van der Waals surface area contributed by atoms with Crippen LogP contribution in [0, 0.1) is 5.95 Å². The van der Waals surface area contributed by atoms with Crippen LogP contribution in [-0.4, -0.2) is 24.7 Å². The first-order chi connectivity index (χ1) is 10.6. The highest BCUT2D eigenvalue weighted by molar-refractivity contribution is 5.20. The number of hydrogen-bond donors (Lipinski definition) is 0. The highest BCUT2D eigenvalue weighted by atomic mass is 19.1. The van der Waals surface area contributed by atoms with Crippen LogP contribution in [0.1, 0.15) is 37.0 Å². The van der Waals surface area contributed by atoms with Gasteiger partial charge < -0.3 is 4.52 Å². The number of aromatic nitrogens is 5. The molecule has 1 aliphatic rings. The molecule has 0 radical (unpaired) electrons. The van der Waals surface area contributed by atoms with Crippen molar-refractivity contribution >= 4 is 0 Å². The first-order valence-electron chi connectivity index (χ1n) is 7.11. The lowest BCUT2D eigenvalue weighted by atomic mass is 10.1. The fourth-order valence-corrected chi connectivity index (χ4v) is 2.27. The van der Waals surface area contributed by atoms with Crippen molar-refractivity contribution in [1.82, 2.24) is 24.7 Å². The van der Waals surface area contributed by atoms with Crippen LogP contribution in [-0.2, 0) is 11.8 Å². The predicted octanol–water partition coefficient (Wildman–Crippen LogP) is 2.43. The zero-order valence-corrected chi connectivity index (χ0v) is 12.0. The van der Waals surface area contributed by atoms with Gasteiger partial charge in [0, 0.05) is 23.7 Å². The van der Waals surface area contributed by atoms with E-state index in [0.29, 0.717) is 24.0 Å². The smallest absolute Gasteiger partial charge is 0.275 e. The molecule has 7 heteroatoms. The van der Waals surface area contributed by atoms with Crippen molar-refractivity contribution in [3.05, 3.63) is 53.9 Å². The average molecular weight is 299 g/mol. The molecule has 0 unspecified atom stereocenters. The van der Waals surface area contributed by atoms with E-state index in [1.807, 2.05) is 0 Å². The molecule has 3 aromatic rings. The summed E-state index contributed by atoms with van der Waals surface area (Å²) in [5.74, 6) is 0.649. The molecule has 22 heavy (non-hydrogen) atoms. The van der Waals surface area contributed by atoms with E-state index in [0.717, 1.165) is 18.5 Å². The minimum atomic E-state index is -0.489. The third-order valence-electron chi connectivity index (χ3n) is 3.93.